The summed E-state index contributed by atoms with van der Waals surface area (Å²) in [6.45, 7) is 1.56. The Morgan fingerprint density at radius 1 is 1.35 bits per heavy atom. The third-order valence-electron chi connectivity index (χ3n) is 3.59. The maximum atomic E-state index is 13.2. The summed E-state index contributed by atoms with van der Waals surface area (Å²) in [5, 5.41) is 20.8. The van der Waals surface area contributed by atoms with Gasteiger partial charge in [-0.15, -0.1) is 0 Å². The number of ether oxygens (including phenoxy) is 2. The van der Waals surface area contributed by atoms with E-state index in [1.165, 1.54) is 0 Å². The summed E-state index contributed by atoms with van der Waals surface area (Å²) in [7, 11) is 3.46. The van der Waals surface area contributed by atoms with Gasteiger partial charge in [-0.1, -0.05) is 18.7 Å². The average molecular weight is 358 g/mol. The molecule has 0 bridgehead atoms. The van der Waals surface area contributed by atoms with Crippen LogP contribution < -0.4 is 0 Å². The molecule has 6 unspecified atom stereocenters. The Bertz CT molecular complexity index is 449. The average Bonchev–Trinajstić information content (AvgIpc) is 2.87. The molecular weight excluding hydrogens is 337 g/mol. The normalized spacial score (nSPS) is 35.7. The number of aliphatic hydroxyl groups is 2. The lowest BCUT2D eigenvalue weighted by Gasteiger charge is -2.41. The fraction of sp³-hybridized carbons (Fsp3) is 0.923. The van der Waals surface area contributed by atoms with Crippen molar-refractivity contribution in [1.82, 2.24) is 4.90 Å². The lowest BCUT2D eigenvalue weighted by atomic mass is 9.94. The van der Waals surface area contributed by atoms with Crippen LogP contribution in [0.5, 0.6) is 0 Å². The number of aliphatic imine (C=N–C) groups is 1. The molecule has 6 atom stereocenters. The van der Waals surface area contributed by atoms with Crippen molar-refractivity contribution in [2.45, 2.75) is 55.4 Å². The van der Waals surface area contributed by atoms with E-state index in [1.54, 1.807) is 25.9 Å². The Kier molecular flexibility index (Phi) is 5.83. The van der Waals surface area contributed by atoms with Crippen LogP contribution in [0.25, 0.3) is 0 Å². The van der Waals surface area contributed by atoms with Crippen LogP contribution in [0.3, 0.4) is 0 Å². The molecule has 10 heteroatoms. The zero-order valence-corrected chi connectivity index (χ0v) is 13.8. The number of hydrogen-bond acceptors (Lipinski definition) is 7. The first kappa shape index (κ1) is 18.8. The predicted octanol–water partition coefficient (Wildman–Crippen LogP) is 0.824. The lowest BCUT2D eigenvalue weighted by molar-refractivity contribution is -0.284. The summed E-state index contributed by atoms with van der Waals surface area (Å²) in [6.07, 6.45) is -11.5. The van der Waals surface area contributed by atoms with Crippen LogP contribution in [0.4, 0.5) is 13.2 Å². The molecule has 0 saturated carbocycles. The zero-order valence-electron chi connectivity index (χ0n) is 13.0. The summed E-state index contributed by atoms with van der Waals surface area (Å²) in [5.41, 5.74) is -0.786. The van der Waals surface area contributed by atoms with Gasteiger partial charge in [-0.05, 0) is 6.42 Å². The van der Waals surface area contributed by atoms with Crippen LogP contribution in [0.2, 0.25) is 0 Å². The molecule has 2 aliphatic rings. The van der Waals surface area contributed by atoms with E-state index in [2.05, 4.69) is 4.99 Å². The monoisotopic (exact) mass is 358 g/mol. The lowest BCUT2D eigenvalue weighted by Crippen LogP contribution is -2.61. The third-order valence-corrected chi connectivity index (χ3v) is 4.90. The van der Waals surface area contributed by atoms with Gasteiger partial charge in [-0.2, -0.15) is 13.2 Å². The summed E-state index contributed by atoms with van der Waals surface area (Å²) in [4.78, 5) is 5.88. The van der Waals surface area contributed by atoms with Crippen molar-refractivity contribution in [2.24, 2.45) is 4.99 Å². The number of rotatable bonds is 4. The van der Waals surface area contributed by atoms with Gasteiger partial charge in [0.2, 0.25) is 0 Å². The van der Waals surface area contributed by atoms with Gasteiger partial charge in [0.1, 0.15) is 29.8 Å². The molecule has 1 fully saturated rings. The molecule has 2 heterocycles. The van der Waals surface area contributed by atoms with E-state index in [1.807, 2.05) is 0 Å². The van der Waals surface area contributed by atoms with Gasteiger partial charge >= 0.3 is 6.18 Å². The van der Waals surface area contributed by atoms with E-state index in [-0.39, 0.29) is 6.61 Å². The van der Waals surface area contributed by atoms with Crippen molar-refractivity contribution in [1.29, 1.82) is 0 Å². The molecule has 0 aromatic heterocycles. The van der Waals surface area contributed by atoms with E-state index >= 15 is 0 Å². The number of nitrogens with zero attached hydrogens (tertiary/aromatic N) is 2. The number of amidine groups is 1. The first-order chi connectivity index (χ1) is 10.7. The molecule has 0 amide bonds. The highest BCUT2D eigenvalue weighted by molar-refractivity contribution is 8.14. The number of fused-ring (bicyclic) bond motifs is 1. The highest BCUT2D eigenvalue weighted by Crippen LogP contribution is 2.40. The first-order valence-electron chi connectivity index (χ1n) is 7.28. The number of thioether (sulfide) groups is 1. The van der Waals surface area contributed by atoms with Crippen LogP contribution in [-0.2, 0) is 9.47 Å². The Labute approximate surface area is 136 Å². The zero-order chi connectivity index (χ0) is 17.4. The van der Waals surface area contributed by atoms with Gasteiger partial charge in [-0.25, -0.2) is 0 Å². The molecule has 2 aliphatic heterocycles. The molecule has 0 radical (unpaired) electrons. The Morgan fingerprint density at radius 3 is 2.52 bits per heavy atom. The quantitative estimate of drug-likeness (QED) is 0.775. The fourth-order valence-electron chi connectivity index (χ4n) is 2.46. The highest BCUT2D eigenvalue weighted by Gasteiger charge is 2.57. The topological polar surface area (TPSA) is 74.5 Å². The molecule has 23 heavy (non-hydrogen) atoms. The minimum atomic E-state index is -4.71. The minimum absolute atomic E-state index is 0.118. The number of alkyl halides is 3. The van der Waals surface area contributed by atoms with Crippen molar-refractivity contribution in [2.75, 3.05) is 20.7 Å². The molecule has 6 nitrogen and oxygen atoms in total. The first-order valence-corrected chi connectivity index (χ1v) is 8.16. The van der Waals surface area contributed by atoms with E-state index < -0.39 is 42.1 Å². The third kappa shape index (κ3) is 3.93. The molecule has 0 aromatic rings. The van der Waals surface area contributed by atoms with Gasteiger partial charge in [0.05, 0.1) is 0 Å². The Balaban J connectivity index is 2.18. The van der Waals surface area contributed by atoms with Crippen molar-refractivity contribution in [3.8, 4) is 0 Å². The van der Waals surface area contributed by atoms with Crippen LogP contribution >= 0.6 is 11.8 Å². The maximum absolute atomic E-state index is 13.2. The van der Waals surface area contributed by atoms with E-state index in [9.17, 15) is 23.4 Å². The van der Waals surface area contributed by atoms with Crippen LogP contribution in [0, 0.1) is 0 Å². The van der Waals surface area contributed by atoms with Crippen molar-refractivity contribution in [3.05, 3.63) is 0 Å². The van der Waals surface area contributed by atoms with Crippen LogP contribution in [0.15, 0.2) is 4.99 Å². The van der Waals surface area contributed by atoms with Gasteiger partial charge in [-0.3, -0.25) is 4.99 Å². The fourth-order valence-corrected chi connectivity index (χ4v) is 3.61. The van der Waals surface area contributed by atoms with Gasteiger partial charge in [0.25, 0.3) is 0 Å². The van der Waals surface area contributed by atoms with Gasteiger partial charge in [0.15, 0.2) is 11.3 Å². The number of halogens is 3. The molecule has 0 aliphatic carbocycles. The van der Waals surface area contributed by atoms with E-state index in [4.69, 9.17) is 9.47 Å². The molecule has 2 rings (SSSR count). The SMILES string of the molecule is CCCOC(C1OC2SC(N(C)C)=NC2C(O)C1O)C(F)(F)F. The maximum Gasteiger partial charge on any atom is 0.417 e. The second-order valence-electron chi connectivity index (χ2n) is 5.70. The molecule has 0 spiro atoms. The minimum Gasteiger partial charge on any atom is -0.388 e. The van der Waals surface area contributed by atoms with Crippen molar-refractivity contribution in [3.63, 3.8) is 0 Å². The molecular formula is C13H21F3N2O4S. The van der Waals surface area contributed by atoms with Crippen LogP contribution in [-0.4, -0.2) is 83.1 Å². The molecule has 0 aromatic carbocycles. The summed E-state index contributed by atoms with van der Waals surface area (Å²) in [6, 6.07) is -0.802. The highest BCUT2D eigenvalue weighted by atomic mass is 32.2. The second-order valence-corrected chi connectivity index (χ2v) is 6.76. The number of hydrogen-bond donors (Lipinski definition) is 2. The van der Waals surface area contributed by atoms with Crippen LogP contribution in [0.1, 0.15) is 13.3 Å². The van der Waals surface area contributed by atoms with Crippen molar-refractivity contribution < 1.29 is 32.9 Å². The van der Waals surface area contributed by atoms with Gasteiger partial charge in [0, 0.05) is 20.7 Å². The molecule has 1 saturated heterocycles. The largest absolute Gasteiger partial charge is 0.417 e. The summed E-state index contributed by atoms with van der Waals surface area (Å²) in [5.74, 6) is 0. The number of aliphatic hydroxyl groups excluding tert-OH is 2. The second kappa shape index (κ2) is 7.14. The van der Waals surface area contributed by atoms with E-state index in [0.29, 0.717) is 11.6 Å². The van der Waals surface area contributed by atoms with E-state index in [0.717, 1.165) is 11.8 Å². The molecule has 134 valence electrons. The standard InChI is InChI=1S/C13H21F3N2O4S/c1-4-5-21-10(13(14,15)16)9-8(20)7(19)6-11(22-9)23-12(17-6)18(2)3/h6-11,19-20H,4-5H2,1-3H3. The summed E-state index contributed by atoms with van der Waals surface area (Å²) < 4.78 is 50.0. The van der Waals surface area contributed by atoms with Crippen molar-refractivity contribution >= 4 is 16.9 Å². The predicted molar refractivity (Wildman–Crippen MR) is 79.3 cm³/mol. The molecule has 2 N–H and O–H groups in total. The Morgan fingerprint density at radius 2 is 2.00 bits per heavy atom. The smallest absolute Gasteiger partial charge is 0.388 e. The van der Waals surface area contributed by atoms with Gasteiger partial charge < -0.3 is 24.6 Å². The Hall–Kier alpha value is -0.550. The summed E-state index contributed by atoms with van der Waals surface area (Å²) >= 11 is 1.12.